The van der Waals surface area contributed by atoms with E-state index >= 15 is 0 Å². The normalized spacial score (nSPS) is 18.9. The van der Waals surface area contributed by atoms with Crippen LogP contribution in [0.3, 0.4) is 0 Å². The average Bonchev–Trinajstić information content (AvgIpc) is 2.97. The average molecular weight is 310 g/mol. The van der Waals surface area contributed by atoms with Crippen LogP contribution in [-0.2, 0) is 6.42 Å². The number of para-hydroxylation sites is 1. The van der Waals surface area contributed by atoms with Crippen molar-refractivity contribution in [1.82, 2.24) is 4.98 Å². The van der Waals surface area contributed by atoms with E-state index < -0.39 is 0 Å². The zero-order valence-electron chi connectivity index (χ0n) is 9.73. The minimum Gasteiger partial charge on any atom is -0.241 e. The largest absolute Gasteiger partial charge is 0.241 e. The first kappa shape index (κ1) is 11.7. The molecule has 1 aromatic heterocycles. The summed E-state index contributed by atoms with van der Waals surface area (Å²) in [5.41, 5.74) is 1.15. The van der Waals surface area contributed by atoms with E-state index in [1.807, 2.05) is 11.3 Å². The smallest absolute Gasteiger partial charge is 0.0949 e. The molecule has 3 rings (SSSR count). The van der Waals surface area contributed by atoms with Gasteiger partial charge in [-0.2, -0.15) is 0 Å². The lowest BCUT2D eigenvalue weighted by Gasteiger charge is -2.15. The molecule has 1 saturated carbocycles. The molecule has 0 aliphatic heterocycles. The van der Waals surface area contributed by atoms with Crippen molar-refractivity contribution < 1.29 is 0 Å². The van der Waals surface area contributed by atoms with Gasteiger partial charge in [0.05, 0.1) is 15.2 Å². The fourth-order valence-electron chi connectivity index (χ4n) is 2.66. The van der Waals surface area contributed by atoms with Crippen LogP contribution in [0.4, 0.5) is 0 Å². The molecule has 0 saturated heterocycles. The van der Waals surface area contributed by atoms with Gasteiger partial charge in [0.1, 0.15) is 0 Å². The minimum atomic E-state index is 0.616. The Morgan fingerprint density at radius 3 is 2.82 bits per heavy atom. The molecule has 0 amide bonds. The highest BCUT2D eigenvalue weighted by molar-refractivity contribution is 9.09. The van der Waals surface area contributed by atoms with Crippen LogP contribution in [-0.4, -0.2) is 9.81 Å². The zero-order valence-corrected chi connectivity index (χ0v) is 12.1. The molecule has 1 heterocycles. The molecule has 1 fully saturated rings. The molecule has 1 nitrogen and oxygen atoms in total. The summed E-state index contributed by atoms with van der Waals surface area (Å²) in [5, 5.41) is 1.28. The summed E-state index contributed by atoms with van der Waals surface area (Å²) in [6.07, 6.45) is 6.69. The molecule has 1 aliphatic rings. The summed E-state index contributed by atoms with van der Waals surface area (Å²) in [6, 6.07) is 8.42. The van der Waals surface area contributed by atoms with Gasteiger partial charge in [0, 0.05) is 11.2 Å². The maximum atomic E-state index is 4.71. The topological polar surface area (TPSA) is 12.9 Å². The van der Waals surface area contributed by atoms with Gasteiger partial charge < -0.3 is 0 Å². The monoisotopic (exact) mass is 309 g/mol. The molecular formula is C14H16BrNS. The summed E-state index contributed by atoms with van der Waals surface area (Å²) in [7, 11) is 0. The number of thiazole rings is 1. The fourth-order valence-corrected chi connectivity index (χ4v) is 4.74. The second-order valence-corrected chi connectivity index (χ2v) is 7.13. The number of fused-ring (bicyclic) bond motifs is 1. The molecule has 90 valence electrons. The summed E-state index contributed by atoms with van der Waals surface area (Å²) in [4.78, 5) is 5.33. The molecule has 0 spiro atoms. The van der Waals surface area contributed by atoms with E-state index in [0.29, 0.717) is 4.83 Å². The number of hydrogen-bond donors (Lipinski definition) is 0. The molecule has 17 heavy (non-hydrogen) atoms. The number of halogens is 1. The second-order valence-electron chi connectivity index (χ2n) is 4.84. The Morgan fingerprint density at radius 2 is 2.06 bits per heavy atom. The Hall–Kier alpha value is -0.410. The molecule has 0 bridgehead atoms. The maximum absolute atomic E-state index is 4.71. The first-order valence-corrected chi connectivity index (χ1v) is 8.04. The highest BCUT2D eigenvalue weighted by Crippen LogP contribution is 2.34. The van der Waals surface area contributed by atoms with Crippen LogP contribution in [0, 0.1) is 5.92 Å². The number of hydrogen-bond acceptors (Lipinski definition) is 2. The molecule has 2 aromatic rings. The zero-order chi connectivity index (χ0) is 11.7. The standard InChI is InChI=1S/C14H16BrNS/c15-11(10-5-1-2-6-10)9-14-16-12-7-3-4-8-13(12)17-14/h3-4,7-8,10-11H,1-2,5-6,9H2. The Kier molecular flexibility index (Phi) is 3.48. The lowest BCUT2D eigenvalue weighted by atomic mass is 10.0. The predicted molar refractivity (Wildman–Crippen MR) is 78.0 cm³/mol. The van der Waals surface area contributed by atoms with Crippen LogP contribution >= 0.6 is 27.3 Å². The van der Waals surface area contributed by atoms with E-state index in [0.717, 1.165) is 17.9 Å². The van der Waals surface area contributed by atoms with Crippen LogP contribution in [0.1, 0.15) is 30.7 Å². The highest BCUT2D eigenvalue weighted by atomic mass is 79.9. The SMILES string of the molecule is BrC(Cc1nc2ccccc2s1)C1CCCC1. The molecule has 1 aliphatic carbocycles. The van der Waals surface area contributed by atoms with Gasteiger partial charge in [-0.05, 0) is 30.9 Å². The van der Waals surface area contributed by atoms with Gasteiger partial charge in [0.15, 0.2) is 0 Å². The molecule has 3 heteroatoms. The van der Waals surface area contributed by atoms with Crippen molar-refractivity contribution in [3.63, 3.8) is 0 Å². The lowest BCUT2D eigenvalue weighted by molar-refractivity contribution is 0.525. The molecule has 1 atom stereocenters. The highest BCUT2D eigenvalue weighted by Gasteiger charge is 2.23. The van der Waals surface area contributed by atoms with Crippen molar-refractivity contribution >= 4 is 37.5 Å². The second kappa shape index (κ2) is 5.07. The number of benzene rings is 1. The van der Waals surface area contributed by atoms with Crippen molar-refractivity contribution in [3.8, 4) is 0 Å². The quantitative estimate of drug-likeness (QED) is 0.743. The van der Waals surface area contributed by atoms with Crippen LogP contribution in [0.15, 0.2) is 24.3 Å². The molecule has 0 N–H and O–H groups in total. The van der Waals surface area contributed by atoms with E-state index in [-0.39, 0.29) is 0 Å². The van der Waals surface area contributed by atoms with Crippen LogP contribution in [0.5, 0.6) is 0 Å². The molecular weight excluding hydrogens is 294 g/mol. The number of nitrogens with zero attached hydrogens (tertiary/aromatic N) is 1. The van der Waals surface area contributed by atoms with Gasteiger partial charge >= 0.3 is 0 Å². The van der Waals surface area contributed by atoms with E-state index in [9.17, 15) is 0 Å². The van der Waals surface area contributed by atoms with Crippen molar-refractivity contribution in [1.29, 1.82) is 0 Å². The number of aromatic nitrogens is 1. The molecule has 1 aromatic carbocycles. The van der Waals surface area contributed by atoms with E-state index in [2.05, 4.69) is 40.2 Å². The van der Waals surface area contributed by atoms with Gasteiger partial charge in [-0.25, -0.2) is 4.98 Å². The Labute approximate surface area is 114 Å². The summed E-state index contributed by atoms with van der Waals surface area (Å²) in [5.74, 6) is 0.863. The van der Waals surface area contributed by atoms with E-state index in [1.165, 1.54) is 35.4 Å². The lowest BCUT2D eigenvalue weighted by Crippen LogP contribution is -2.13. The third-order valence-electron chi connectivity index (χ3n) is 3.62. The number of alkyl halides is 1. The maximum Gasteiger partial charge on any atom is 0.0949 e. The Bertz CT molecular complexity index is 469. The Balaban J connectivity index is 1.75. The molecule has 0 radical (unpaired) electrons. The predicted octanol–water partition coefficient (Wildman–Crippen LogP) is 4.79. The fraction of sp³-hybridized carbons (Fsp3) is 0.500. The minimum absolute atomic E-state index is 0.616. The first-order chi connectivity index (χ1) is 8.33. The van der Waals surface area contributed by atoms with Crippen LogP contribution in [0.25, 0.3) is 10.2 Å². The van der Waals surface area contributed by atoms with Crippen molar-refractivity contribution in [3.05, 3.63) is 29.3 Å². The van der Waals surface area contributed by atoms with Crippen molar-refractivity contribution in [2.45, 2.75) is 36.9 Å². The van der Waals surface area contributed by atoms with E-state index in [4.69, 9.17) is 4.98 Å². The van der Waals surface area contributed by atoms with Gasteiger partial charge in [-0.1, -0.05) is 40.9 Å². The van der Waals surface area contributed by atoms with Crippen LogP contribution < -0.4 is 0 Å². The number of rotatable bonds is 3. The third kappa shape index (κ3) is 2.55. The van der Waals surface area contributed by atoms with Crippen LogP contribution in [0.2, 0.25) is 0 Å². The van der Waals surface area contributed by atoms with Crippen molar-refractivity contribution in [2.24, 2.45) is 5.92 Å². The van der Waals surface area contributed by atoms with Gasteiger partial charge in [-0.3, -0.25) is 0 Å². The van der Waals surface area contributed by atoms with Gasteiger partial charge in [-0.15, -0.1) is 11.3 Å². The third-order valence-corrected chi connectivity index (χ3v) is 5.75. The summed E-state index contributed by atoms with van der Waals surface area (Å²) >= 11 is 5.71. The Morgan fingerprint density at radius 1 is 1.29 bits per heavy atom. The molecule has 1 unspecified atom stereocenters. The first-order valence-electron chi connectivity index (χ1n) is 6.31. The summed E-state index contributed by atoms with van der Waals surface area (Å²) < 4.78 is 1.31. The van der Waals surface area contributed by atoms with Crippen molar-refractivity contribution in [2.75, 3.05) is 0 Å². The van der Waals surface area contributed by atoms with Gasteiger partial charge in [0.25, 0.3) is 0 Å². The summed E-state index contributed by atoms with van der Waals surface area (Å²) in [6.45, 7) is 0. The van der Waals surface area contributed by atoms with Gasteiger partial charge in [0.2, 0.25) is 0 Å². The van der Waals surface area contributed by atoms with E-state index in [1.54, 1.807) is 0 Å².